The molecule has 76 valence electrons. The molecule has 0 aliphatic heterocycles. The van der Waals surface area contributed by atoms with Crippen molar-refractivity contribution in [3.05, 3.63) is 0 Å². The summed E-state index contributed by atoms with van der Waals surface area (Å²) in [4.78, 5) is 0. The summed E-state index contributed by atoms with van der Waals surface area (Å²) in [6, 6.07) is 0.734. The predicted octanol–water partition coefficient (Wildman–Crippen LogP) is 1.68. The Hall–Kier alpha value is -0.0800. The summed E-state index contributed by atoms with van der Waals surface area (Å²) in [5.74, 6) is 0.583. The first-order chi connectivity index (χ1) is 6.36. The van der Waals surface area contributed by atoms with Crippen molar-refractivity contribution in [2.24, 2.45) is 5.92 Å². The Kier molecular flexibility index (Phi) is 3.23. The zero-order chi connectivity index (χ0) is 9.10. The Balaban J connectivity index is 1.64. The molecule has 0 radical (unpaired) electrons. The molecule has 0 spiro atoms. The summed E-state index contributed by atoms with van der Waals surface area (Å²) < 4.78 is 0. The largest absolute Gasteiger partial charge is 0.392 e. The topological polar surface area (TPSA) is 32.3 Å². The van der Waals surface area contributed by atoms with Crippen LogP contribution in [0.2, 0.25) is 0 Å². The number of aliphatic hydroxyl groups is 1. The van der Waals surface area contributed by atoms with Gasteiger partial charge in [-0.25, -0.2) is 0 Å². The normalized spacial score (nSPS) is 27.5. The van der Waals surface area contributed by atoms with Gasteiger partial charge in [-0.2, -0.15) is 0 Å². The van der Waals surface area contributed by atoms with Crippen LogP contribution in [-0.2, 0) is 0 Å². The molecule has 2 nitrogen and oxygen atoms in total. The smallest absolute Gasteiger partial charge is 0.0692 e. The van der Waals surface area contributed by atoms with Gasteiger partial charge in [0, 0.05) is 12.6 Å². The van der Waals surface area contributed by atoms with Gasteiger partial charge in [-0.15, -0.1) is 0 Å². The van der Waals surface area contributed by atoms with Gasteiger partial charge in [0.2, 0.25) is 0 Å². The molecular weight excluding hydrogens is 162 g/mol. The minimum Gasteiger partial charge on any atom is -0.392 e. The lowest BCUT2D eigenvalue weighted by molar-refractivity contribution is 0.0838. The minimum atomic E-state index is -0.0825. The fourth-order valence-corrected chi connectivity index (χ4v) is 2.26. The fourth-order valence-electron chi connectivity index (χ4n) is 2.26. The van der Waals surface area contributed by atoms with Crippen molar-refractivity contribution in [3.63, 3.8) is 0 Å². The SMILES string of the molecule is OC(CNC1CC1)C1CCCCC1. The molecule has 1 unspecified atom stereocenters. The minimum absolute atomic E-state index is 0.0825. The van der Waals surface area contributed by atoms with Crippen molar-refractivity contribution < 1.29 is 5.11 Å². The average molecular weight is 183 g/mol. The molecule has 0 saturated heterocycles. The van der Waals surface area contributed by atoms with Gasteiger partial charge in [0.1, 0.15) is 0 Å². The van der Waals surface area contributed by atoms with Gasteiger partial charge in [0.15, 0.2) is 0 Å². The van der Waals surface area contributed by atoms with Gasteiger partial charge >= 0.3 is 0 Å². The molecule has 0 aromatic rings. The third kappa shape index (κ3) is 2.96. The summed E-state index contributed by atoms with van der Waals surface area (Å²) in [5, 5.41) is 13.3. The van der Waals surface area contributed by atoms with Gasteiger partial charge in [-0.1, -0.05) is 19.3 Å². The van der Waals surface area contributed by atoms with Crippen molar-refractivity contribution in [1.82, 2.24) is 5.32 Å². The second-order valence-electron chi connectivity index (χ2n) is 4.65. The standard InChI is InChI=1S/C11H21NO/c13-11(8-12-10-6-7-10)9-4-2-1-3-5-9/h9-13H,1-8H2. The molecule has 2 rings (SSSR count). The van der Waals surface area contributed by atoms with Crippen LogP contribution < -0.4 is 5.32 Å². The number of nitrogens with one attached hydrogen (secondary N) is 1. The van der Waals surface area contributed by atoms with E-state index in [4.69, 9.17) is 0 Å². The second-order valence-corrected chi connectivity index (χ2v) is 4.65. The van der Waals surface area contributed by atoms with Crippen LogP contribution >= 0.6 is 0 Å². The van der Waals surface area contributed by atoms with Gasteiger partial charge in [-0.05, 0) is 31.6 Å². The van der Waals surface area contributed by atoms with Crippen molar-refractivity contribution >= 4 is 0 Å². The zero-order valence-corrected chi connectivity index (χ0v) is 8.34. The van der Waals surface area contributed by atoms with E-state index in [2.05, 4.69) is 5.32 Å². The third-order valence-corrected chi connectivity index (χ3v) is 3.39. The molecule has 2 N–H and O–H groups in total. The maximum atomic E-state index is 9.89. The van der Waals surface area contributed by atoms with E-state index in [1.807, 2.05) is 0 Å². The van der Waals surface area contributed by atoms with Crippen LogP contribution in [-0.4, -0.2) is 23.8 Å². The van der Waals surface area contributed by atoms with Crippen LogP contribution in [0.3, 0.4) is 0 Å². The third-order valence-electron chi connectivity index (χ3n) is 3.39. The van der Waals surface area contributed by atoms with Gasteiger partial charge in [0.25, 0.3) is 0 Å². The molecular formula is C11H21NO. The molecule has 1 atom stereocenters. The highest BCUT2D eigenvalue weighted by Crippen LogP contribution is 2.26. The Morgan fingerprint density at radius 2 is 1.77 bits per heavy atom. The lowest BCUT2D eigenvalue weighted by atomic mass is 9.85. The van der Waals surface area contributed by atoms with Gasteiger partial charge in [0.05, 0.1) is 6.10 Å². The Morgan fingerprint density at radius 1 is 1.08 bits per heavy atom. The molecule has 13 heavy (non-hydrogen) atoms. The molecule has 0 heterocycles. The number of rotatable bonds is 4. The zero-order valence-electron chi connectivity index (χ0n) is 8.34. The number of aliphatic hydroxyl groups excluding tert-OH is 1. The summed E-state index contributed by atoms with van der Waals surface area (Å²) in [6.07, 6.45) is 9.06. The maximum absolute atomic E-state index is 9.89. The second kappa shape index (κ2) is 4.43. The first-order valence-electron chi connectivity index (χ1n) is 5.78. The number of hydrogen-bond acceptors (Lipinski definition) is 2. The van der Waals surface area contributed by atoms with Gasteiger partial charge in [-0.3, -0.25) is 0 Å². The molecule has 2 fully saturated rings. The molecule has 2 heteroatoms. The predicted molar refractivity (Wildman–Crippen MR) is 53.6 cm³/mol. The lowest BCUT2D eigenvalue weighted by Crippen LogP contribution is -2.34. The van der Waals surface area contributed by atoms with Crippen molar-refractivity contribution in [2.75, 3.05) is 6.54 Å². The van der Waals surface area contributed by atoms with Crippen LogP contribution in [0.25, 0.3) is 0 Å². The fraction of sp³-hybridized carbons (Fsp3) is 1.00. The molecule has 2 aliphatic carbocycles. The lowest BCUT2D eigenvalue weighted by Gasteiger charge is -2.26. The molecule has 0 aromatic heterocycles. The van der Waals surface area contributed by atoms with E-state index in [1.54, 1.807) is 0 Å². The molecule has 2 aliphatic rings. The highest BCUT2D eigenvalue weighted by atomic mass is 16.3. The first-order valence-corrected chi connectivity index (χ1v) is 5.78. The van der Waals surface area contributed by atoms with Gasteiger partial charge < -0.3 is 10.4 Å². The summed E-state index contributed by atoms with van der Waals surface area (Å²) >= 11 is 0. The van der Waals surface area contributed by atoms with Crippen molar-refractivity contribution in [2.45, 2.75) is 57.1 Å². The average Bonchev–Trinajstić information content (AvgIpc) is 2.99. The Labute approximate surface area is 80.7 Å². The monoisotopic (exact) mass is 183 g/mol. The quantitative estimate of drug-likeness (QED) is 0.695. The van der Waals surface area contributed by atoms with Crippen molar-refractivity contribution in [1.29, 1.82) is 0 Å². The van der Waals surface area contributed by atoms with Crippen LogP contribution in [0.15, 0.2) is 0 Å². The molecule has 2 saturated carbocycles. The maximum Gasteiger partial charge on any atom is 0.0692 e. The summed E-state index contributed by atoms with van der Waals surface area (Å²) in [5.41, 5.74) is 0. The van der Waals surface area contributed by atoms with Crippen molar-refractivity contribution in [3.8, 4) is 0 Å². The van der Waals surface area contributed by atoms with E-state index in [-0.39, 0.29) is 6.10 Å². The van der Waals surface area contributed by atoms with E-state index in [0.29, 0.717) is 5.92 Å². The Morgan fingerprint density at radius 3 is 2.38 bits per heavy atom. The van der Waals surface area contributed by atoms with E-state index >= 15 is 0 Å². The van der Waals surface area contributed by atoms with Crippen LogP contribution in [0.5, 0.6) is 0 Å². The van der Waals surface area contributed by atoms with E-state index in [0.717, 1.165) is 12.6 Å². The molecule has 0 aromatic carbocycles. The first kappa shape index (κ1) is 9.47. The van der Waals surface area contributed by atoms with E-state index in [1.165, 1.54) is 44.9 Å². The van der Waals surface area contributed by atoms with E-state index < -0.39 is 0 Å². The highest BCUT2D eigenvalue weighted by molar-refractivity contribution is 4.83. The van der Waals surface area contributed by atoms with Crippen LogP contribution in [0.4, 0.5) is 0 Å². The van der Waals surface area contributed by atoms with E-state index in [9.17, 15) is 5.11 Å². The summed E-state index contributed by atoms with van der Waals surface area (Å²) in [6.45, 7) is 0.829. The summed E-state index contributed by atoms with van der Waals surface area (Å²) in [7, 11) is 0. The highest BCUT2D eigenvalue weighted by Gasteiger charge is 2.25. The number of hydrogen-bond donors (Lipinski definition) is 2. The van der Waals surface area contributed by atoms with Crippen LogP contribution in [0, 0.1) is 5.92 Å². The molecule has 0 bridgehead atoms. The van der Waals surface area contributed by atoms with Crippen LogP contribution in [0.1, 0.15) is 44.9 Å². The Bertz CT molecular complexity index is 150. The molecule has 0 amide bonds.